The van der Waals surface area contributed by atoms with Crippen LogP contribution in [-0.2, 0) is 21.0 Å². The molecule has 1 spiro atoms. The van der Waals surface area contributed by atoms with Crippen LogP contribution in [0.1, 0.15) is 42.4 Å². The van der Waals surface area contributed by atoms with Crippen molar-refractivity contribution in [3.8, 4) is 11.8 Å². The highest BCUT2D eigenvalue weighted by molar-refractivity contribution is 8.01. The predicted molar refractivity (Wildman–Crippen MR) is 123 cm³/mol. The van der Waals surface area contributed by atoms with Crippen molar-refractivity contribution in [2.45, 2.75) is 37.1 Å². The van der Waals surface area contributed by atoms with Gasteiger partial charge in [-0.25, -0.2) is 0 Å². The van der Waals surface area contributed by atoms with Crippen LogP contribution in [0.4, 0.5) is 5.69 Å². The highest BCUT2D eigenvalue weighted by Crippen LogP contribution is 2.55. The van der Waals surface area contributed by atoms with Crippen LogP contribution in [0, 0.1) is 17.2 Å². The molecule has 1 saturated heterocycles. The van der Waals surface area contributed by atoms with Crippen LogP contribution in [0.5, 0.6) is 5.75 Å². The SMILES string of the molecule is COc1ccc2c(c1)C1(SCCN1C(=O)C1CCCC1)C(=O)N2Cc1cccc(C#N)c1. The normalized spacial score (nSPS) is 22.4. The number of fused-ring (bicyclic) bond motifs is 2. The molecule has 0 radical (unpaired) electrons. The van der Waals surface area contributed by atoms with E-state index in [1.165, 1.54) is 0 Å². The molecule has 1 aliphatic carbocycles. The highest BCUT2D eigenvalue weighted by atomic mass is 32.2. The lowest BCUT2D eigenvalue weighted by Crippen LogP contribution is -2.51. The smallest absolute Gasteiger partial charge is 0.268 e. The molecule has 5 rings (SSSR count). The summed E-state index contributed by atoms with van der Waals surface area (Å²) in [6.07, 6.45) is 3.95. The molecule has 2 aromatic carbocycles. The minimum Gasteiger partial charge on any atom is -0.497 e. The molecule has 2 aliphatic heterocycles. The molecule has 0 N–H and O–H groups in total. The van der Waals surface area contributed by atoms with Crippen LogP contribution < -0.4 is 9.64 Å². The third-order valence-electron chi connectivity index (χ3n) is 6.77. The molecule has 1 unspecified atom stereocenters. The Morgan fingerprint density at radius 3 is 2.81 bits per heavy atom. The Morgan fingerprint density at radius 1 is 1.25 bits per heavy atom. The van der Waals surface area contributed by atoms with Gasteiger partial charge in [-0.05, 0) is 48.7 Å². The van der Waals surface area contributed by atoms with Crippen molar-refractivity contribution in [3.63, 3.8) is 0 Å². The summed E-state index contributed by atoms with van der Waals surface area (Å²) in [5.41, 5.74) is 3.07. The van der Waals surface area contributed by atoms with Gasteiger partial charge in [0.1, 0.15) is 5.75 Å². The van der Waals surface area contributed by atoms with Crippen molar-refractivity contribution >= 4 is 29.3 Å². The Hall–Kier alpha value is -2.98. The zero-order valence-corrected chi connectivity index (χ0v) is 18.9. The number of nitriles is 1. The molecule has 2 heterocycles. The molecule has 2 aromatic rings. The van der Waals surface area contributed by atoms with Gasteiger partial charge in [0, 0.05) is 23.8 Å². The first-order valence-electron chi connectivity index (χ1n) is 11.0. The van der Waals surface area contributed by atoms with E-state index in [0.29, 0.717) is 24.4 Å². The number of amides is 2. The summed E-state index contributed by atoms with van der Waals surface area (Å²) < 4.78 is 5.48. The van der Waals surface area contributed by atoms with E-state index < -0.39 is 4.87 Å². The van der Waals surface area contributed by atoms with E-state index in [4.69, 9.17) is 4.74 Å². The third kappa shape index (κ3) is 3.17. The van der Waals surface area contributed by atoms with E-state index in [9.17, 15) is 14.9 Å². The summed E-state index contributed by atoms with van der Waals surface area (Å²) in [5, 5.41) is 9.27. The number of ether oxygens (including phenoxy) is 1. The molecule has 32 heavy (non-hydrogen) atoms. The number of hydrogen-bond donors (Lipinski definition) is 0. The largest absolute Gasteiger partial charge is 0.497 e. The number of benzene rings is 2. The van der Waals surface area contributed by atoms with Gasteiger partial charge < -0.3 is 14.5 Å². The fraction of sp³-hybridized carbons (Fsp3) is 0.400. The quantitative estimate of drug-likeness (QED) is 0.707. The number of anilines is 1. The number of nitrogens with zero attached hydrogens (tertiary/aromatic N) is 3. The van der Waals surface area contributed by atoms with Crippen molar-refractivity contribution in [1.82, 2.24) is 4.90 Å². The van der Waals surface area contributed by atoms with E-state index in [1.54, 1.807) is 29.8 Å². The molecule has 2 amide bonds. The average Bonchev–Trinajstić information content (AvgIpc) is 3.56. The fourth-order valence-corrected chi connectivity index (χ4v) is 6.67. The molecule has 7 heteroatoms. The summed E-state index contributed by atoms with van der Waals surface area (Å²) in [6.45, 7) is 0.918. The van der Waals surface area contributed by atoms with E-state index >= 15 is 0 Å². The van der Waals surface area contributed by atoms with Crippen molar-refractivity contribution in [2.75, 3.05) is 24.3 Å². The zero-order valence-electron chi connectivity index (χ0n) is 18.0. The van der Waals surface area contributed by atoms with Crippen LogP contribution in [0.15, 0.2) is 42.5 Å². The molecule has 1 saturated carbocycles. The second-order valence-corrected chi connectivity index (χ2v) is 9.84. The van der Waals surface area contributed by atoms with Crippen LogP contribution in [-0.4, -0.2) is 36.1 Å². The fourth-order valence-electron chi connectivity index (χ4n) is 5.21. The number of carbonyl (C=O) groups excluding carboxylic acids is 2. The van der Waals surface area contributed by atoms with E-state index in [2.05, 4.69) is 6.07 Å². The lowest BCUT2D eigenvalue weighted by atomic mass is 10.0. The van der Waals surface area contributed by atoms with Gasteiger partial charge in [-0.3, -0.25) is 9.59 Å². The maximum atomic E-state index is 14.1. The lowest BCUT2D eigenvalue weighted by molar-refractivity contribution is -0.143. The first kappa shape index (κ1) is 20.9. The lowest BCUT2D eigenvalue weighted by Gasteiger charge is -2.35. The Balaban J connectivity index is 1.58. The highest BCUT2D eigenvalue weighted by Gasteiger charge is 2.60. The standard InChI is InChI=1S/C25H25N3O3S/c1-31-20-9-10-22-21(14-20)25(28(11-12-32-25)23(29)19-7-2-3-8-19)24(30)27(22)16-18-6-4-5-17(13-18)15-26/h4-6,9-10,13-14,19H,2-3,7-8,11-12,16H2,1H3. The van der Waals surface area contributed by atoms with Gasteiger partial charge in [0.25, 0.3) is 5.91 Å². The second kappa shape index (κ2) is 8.18. The number of methoxy groups -OCH3 is 1. The van der Waals surface area contributed by atoms with Gasteiger partial charge >= 0.3 is 0 Å². The number of carbonyl (C=O) groups is 2. The molecule has 6 nitrogen and oxygen atoms in total. The molecule has 164 valence electrons. The monoisotopic (exact) mass is 447 g/mol. The summed E-state index contributed by atoms with van der Waals surface area (Å²) in [7, 11) is 1.61. The predicted octanol–water partition coefficient (Wildman–Crippen LogP) is 4.03. The van der Waals surface area contributed by atoms with Crippen LogP contribution in [0.2, 0.25) is 0 Å². The number of thioether (sulfide) groups is 1. The molecular formula is C25H25N3O3S. The number of hydrogen-bond acceptors (Lipinski definition) is 5. The minimum atomic E-state index is -1.05. The van der Waals surface area contributed by atoms with Gasteiger partial charge in [-0.2, -0.15) is 5.26 Å². The molecule has 3 aliphatic rings. The summed E-state index contributed by atoms with van der Waals surface area (Å²) >= 11 is 1.55. The van der Waals surface area contributed by atoms with Crippen molar-refractivity contribution in [2.24, 2.45) is 5.92 Å². The van der Waals surface area contributed by atoms with Crippen molar-refractivity contribution in [1.29, 1.82) is 5.26 Å². The van der Waals surface area contributed by atoms with E-state index in [1.807, 2.05) is 41.3 Å². The first-order valence-corrected chi connectivity index (χ1v) is 12.0. The molecular weight excluding hydrogens is 422 g/mol. The van der Waals surface area contributed by atoms with Gasteiger partial charge in [-0.15, -0.1) is 11.8 Å². The van der Waals surface area contributed by atoms with Gasteiger partial charge in [0.15, 0.2) is 4.87 Å². The molecule has 0 aromatic heterocycles. The van der Waals surface area contributed by atoms with E-state index in [0.717, 1.165) is 48.3 Å². The van der Waals surface area contributed by atoms with Gasteiger partial charge in [0.2, 0.25) is 5.91 Å². The summed E-state index contributed by atoms with van der Waals surface area (Å²) in [4.78, 5) is 30.2. The summed E-state index contributed by atoms with van der Waals surface area (Å²) in [5.74, 6) is 1.41. The average molecular weight is 448 g/mol. The molecule has 1 atom stereocenters. The van der Waals surface area contributed by atoms with Crippen molar-refractivity contribution < 1.29 is 14.3 Å². The summed E-state index contributed by atoms with van der Waals surface area (Å²) in [6, 6.07) is 15.2. The van der Waals surface area contributed by atoms with Crippen LogP contribution >= 0.6 is 11.8 Å². The maximum Gasteiger partial charge on any atom is 0.268 e. The minimum absolute atomic E-state index is 0.00814. The molecule has 0 bridgehead atoms. The Kier molecular flexibility index (Phi) is 5.34. The maximum absolute atomic E-state index is 14.1. The zero-order chi connectivity index (χ0) is 22.3. The van der Waals surface area contributed by atoms with Crippen LogP contribution in [0.25, 0.3) is 0 Å². The van der Waals surface area contributed by atoms with Gasteiger partial charge in [-0.1, -0.05) is 25.0 Å². The van der Waals surface area contributed by atoms with Crippen LogP contribution in [0.3, 0.4) is 0 Å². The van der Waals surface area contributed by atoms with Crippen molar-refractivity contribution in [3.05, 3.63) is 59.2 Å². The molecule has 2 fully saturated rings. The Morgan fingerprint density at radius 2 is 2.06 bits per heavy atom. The van der Waals surface area contributed by atoms with E-state index in [-0.39, 0.29) is 17.7 Å². The first-order chi connectivity index (χ1) is 15.6. The second-order valence-electron chi connectivity index (χ2n) is 8.55. The Labute approximate surface area is 192 Å². The third-order valence-corrected chi connectivity index (χ3v) is 8.19. The van der Waals surface area contributed by atoms with Gasteiger partial charge in [0.05, 0.1) is 31.0 Å². The topological polar surface area (TPSA) is 73.6 Å². The Bertz CT molecular complexity index is 1120. The number of rotatable bonds is 4.